The number of carbonyl (C=O) groups excluding carboxylic acids is 2. The zero-order valence-electron chi connectivity index (χ0n) is 12.6. The summed E-state index contributed by atoms with van der Waals surface area (Å²) in [5.74, 6) is -1.69. The van der Waals surface area contributed by atoms with Crippen molar-refractivity contribution in [1.29, 1.82) is 0 Å². The van der Waals surface area contributed by atoms with E-state index in [4.69, 9.17) is 4.74 Å². The number of hydrogen-bond acceptors (Lipinski definition) is 6. The summed E-state index contributed by atoms with van der Waals surface area (Å²) in [6.45, 7) is 2.59. The molecule has 7 nitrogen and oxygen atoms in total. The van der Waals surface area contributed by atoms with Gasteiger partial charge < -0.3 is 9.53 Å². The largest absolute Gasteiger partial charge is 0.480 e. The molecule has 2 atom stereocenters. The Morgan fingerprint density at radius 1 is 1.41 bits per heavy atom. The van der Waals surface area contributed by atoms with Gasteiger partial charge in [0.05, 0.1) is 17.9 Å². The fourth-order valence-corrected chi connectivity index (χ4v) is 2.76. The lowest BCUT2D eigenvalue weighted by Gasteiger charge is -2.20. The van der Waals surface area contributed by atoms with Crippen molar-refractivity contribution < 1.29 is 27.3 Å². The SMILES string of the molecule is COc1ncccc1C(=O)C(CCC(C)=O)C(C)S(=O)(=O)O. The molecule has 0 aliphatic heterocycles. The first-order valence-corrected chi connectivity index (χ1v) is 8.17. The van der Waals surface area contributed by atoms with Gasteiger partial charge in [-0.2, -0.15) is 8.42 Å². The number of methoxy groups -OCH3 is 1. The molecule has 0 aliphatic carbocycles. The molecule has 1 N–H and O–H groups in total. The summed E-state index contributed by atoms with van der Waals surface area (Å²) in [5.41, 5.74) is 0.119. The van der Waals surface area contributed by atoms with Crippen LogP contribution in [-0.4, -0.2) is 41.9 Å². The first-order valence-electron chi connectivity index (χ1n) is 6.67. The van der Waals surface area contributed by atoms with Crippen LogP contribution in [0.2, 0.25) is 0 Å². The molecule has 0 fully saturated rings. The molecule has 1 heterocycles. The van der Waals surface area contributed by atoms with E-state index in [9.17, 15) is 22.6 Å². The molecule has 0 saturated heterocycles. The molecular weight excluding hydrogens is 310 g/mol. The Hall–Kier alpha value is -1.80. The number of carbonyl (C=O) groups is 2. The third-order valence-corrected chi connectivity index (χ3v) is 4.68. The van der Waals surface area contributed by atoms with Crippen molar-refractivity contribution in [1.82, 2.24) is 4.98 Å². The topological polar surface area (TPSA) is 111 Å². The van der Waals surface area contributed by atoms with E-state index in [-0.39, 0.29) is 30.1 Å². The molecule has 1 rings (SSSR count). The number of ketones is 2. The highest BCUT2D eigenvalue weighted by atomic mass is 32.2. The maximum absolute atomic E-state index is 12.6. The van der Waals surface area contributed by atoms with Crippen LogP contribution in [-0.2, 0) is 14.9 Å². The van der Waals surface area contributed by atoms with E-state index < -0.39 is 27.1 Å². The van der Waals surface area contributed by atoms with Crippen molar-refractivity contribution in [2.24, 2.45) is 5.92 Å². The van der Waals surface area contributed by atoms with Crippen LogP contribution in [0.15, 0.2) is 18.3 Å². The molecular formula is C14H19NO6S. The van der Waals surface area contributed by atoms with Crippen molar-refractivity contribution in [3.8, 4) is 5.88 Å². The lowest BCUT2D eigenvalue weighted by atomic mass is 9.90. The van der Waals surface area contributed by atoms with Gasteiger partial charge in [-0.05, 0) is 32.4 Å². The van der Waals surface area contributed by atoms with Crippen LogP contribution in [0.3, 0.4) is 0 Å². The van der Waals surface area contributed by atoms with E-state index in [1.165, 1.54) is 39.3 Å². The molecule has 0 bridgehead atoms. The predicted octanol–water partition coefficient (Wildman–Crippen LogP) is 1.53. The van der Waals surface area contributed by atoms with Gasteiger partial charge in [0, 0.05) is 18.5 Å². The molecule has 0 radical (unpaired) electrons. The Kier molecular flexibility index (Phi) is 6.19. The maximum atomic E-state index is 12.6. The number of ether oxygens (including phenoxy) is 1. The number of pyridine rings is 1. The summed E-state index contributed by atoms with van der Waals surface area (Å²) in [5, 5.41) is -1.33. The molecule has 8 heteroatoms. The highest BCUT2D eigenvalue weighted by Gasteiger charge is 2.35. The summed E-state index contributed by atoms with van der Waals surface area (Å²) in [7, 11) is -3.07. The quantitative estimate of drug-likeness (QED) is 0.568. The second kappa shape index (κ2) is 7.46. The smallest absolute Gasteiger partial charge is 0.268 e. The second-order valence-corrected chi connectivity index (χ2v) is 6.77. The van der Waals surface area contributed by atoms with Crippen molar-refractivity contribution in [2.45, 2.75) is 31.9 Å². The molecule has 0 aliphatic rings. The summed E-state index contributed by atoms with van der Waals surface area (Å²) >= 11 is 0. The fraction of sp³-hybridized carbons (Fsp3) is 0.500. The molecule has 0 spiro atoms. The first-order chi connectivity index (χ1) is 10.2. The van der Waals surface area contributed by atoms with Crippen molar-refractivity contribution in [3.05, 3.63) is 23.9 Å². The number of hydrogen-bond donors (Lipinski definition) is 1. The van der Waals surface area contributed by atoms with Gasteiger partial charge >= 0.3 is 0 Å². The lowest BCUT2D eigenvalue weighted by molar-refractivity contribution is -0.117. The van der Waals surface area contributed by atoms with Gasteiger partial charge in [0.25, 0.3) is 10.1 Å². The highest BCUT2D eigenvalue weighted by Crippen LogP contribution is 2.26. The van der Waals surface area contributed by atoms with Gasteiger partial charge in [-0.15, -0.1) is 0 Å². The van der Waals surface area contributed by atoms with Crippen LogP contribution < -0.4 is 4.74 Å². The molecule has 1 aromatic rings. The average Bonchev–Trinajstić information content (AvgIpc) is 2.45. The fourth-order valence-electron chi connectivity index (χ4n) is 2.09. The Balaban J connectivity index is 3.19. The van der Waals surface area contributed by atoms with Crippen molar-refractivity contribution in [3.63, 3.8) is 0 Å². The minimum atomic E-state index is -4.42. The number of Topliss-reactive ketones (excluding diaryl/α,β-unsaturated/α-hetero) is 2. The second-order valence-electron chi connectivity index (χ2n) is 4.99. The zero-order chi connectivity index (χ0) is 16.9. The molecule has 0 amide bonds. The molecule has 2 unspecified atom stereocenters. The van der Waals surface area contributed by atoms with Crippen LogP contribution in [0.1, 0.15) is 37.0 Å². The normalized spacial score (nSPS) is 14.2. The van der Waals surface area contributed by atoms with Crippen LogP contribution in [0.25, 0.3) is 0 Å². The predicted molar refractivity (Wildman–Crippen MR) is 79.5 cm³/mol. The minimum absolute atomic E-state index is 0.0210. The Labute approximate surface area is 129 Å². The number of aromatic nitrogens is 1. The highest BCUT2D eigenvalue weighted by molar-refractivity contribution is 7.86. The third kappa shape index (κ3) is 4.60. The van der Waals surface area contributed by atoms with E-state index in [1.807, 2.05) is 0 Å². The Morgan fingerprint density at radius 3 is 2.55 bits per heavy atom. The van der Waals surface area contributed by atoms with Crippen LogP contribution in [0.4, 0.5) is 0 Å². The van der Waals surface area contributed by atoms with E-state index in [2.05, 4.69) is 4.98 Å². The van der Waals surface area contributed by atoms with E-state index in [0.717, 1.165) is 0 Å². The summed E-state index contributed by atoms with van der Waals surface area (Å²) in [6.07, 6.45) is 1.50. The van der Waals surface area contributed by atoms with Gasteiger partial charge in [0.1, 0.15) is 5.78 Å². The van der Waals surface area contributed by atoms with Gasteiger partial charge in [0.15, 0.2) is 5.78 Å². The molecule has 122 valence electrons. The van der Waals surface area contributed by atoms with Crippen molar-refractivity contribution in [2.75, 3.05) is 7.11 Å². The third-order valence-electron chi connectivity index (χ3n) is 3.41. The summed E-state index contributed by atoms with van der Waals surface area (Å²) < 4.78 is 37.0. The molecule has 22 heavy (non-hydrogen) atoms. The van der Waals surface area contributed by atoms with Gasteiger partial charge in [-0.25, -0.2) is 4.98 Å². The monoisotopic (exact) mass is 329 g/mol. The first kappa shape index (κ1) is 18.2. The van der Waals surface area contributed by atoms with Crippen LogP contribution in [0.5, 0.6) is 5.88 Å². The van der Waals surface area contributed by atoms with E-state index in [0.29, 0.717) is 0 Å². The number of nitrogens with zero attached hydrogens (tertiary/aromatic N) is 1. The lowest BCUT2D eigenvalue weighted by Crippen LogP contribution is -2.33. The van der Waals surface area contributed by atoms with Crippen LogP contribution >= 0.6 is 0 Å². The molecule has 0 aromatic carbocycles. The standard InChI is InChI=1S/C14H19NO6S/c1-9(16)6-7-11(10(2)22(18,19)20)13(17)12-5-4-8-15-14(12)21-3/h4-5,8,10-11H,6-7H2,1-3H3,(H,18,19,20). The van der Waals surface area contributed by atoms with Gasteiger partial charge in [0.2, 0.25) is 5.88 Å². The van der Waals surface area contributed by atoms with Gasteiger partial charge in [-0.3, -0.25) is 9.35 Å². The Bertz CT molecular complexity index is 655. The van der Waals surface area contributed by atoms with Gasteiger partial charge in [-0.1, -0.05) is 0 Å². The maximum Gasteiger partial charge on any atom is 0.268 e. The average molecular weight is 329 g/mol. The van der Waals surface area contributed by atoms with E-state index >= 15 is 0 Å². The van der Waals surface area contributed by atoms with Crippen molar-refractivity contribution >= 4 is 21.7 Å². The molecule has 1 aromatic heterocycles. The number of rotatable bonds is 8. The summed E-state index contributed by atoms with van der Waals surface area (Å²) in [6, 6.07) is 2.99. The van der Waals surface area contributed by atoms with Crippen LogP contribution in [0, 0.1) is 5.92 Å². The van der Waals surface area contributed by atoms with E-state index in [1.54, 1.807) is 0 Å². The minimum Gasteiger partial charge on any atom is -0.480 e. The zero-order valence-corrected chi connectivity index (χ0v) is 13.5. The molecule has 0 saturated carbocycles. The Morgan fingerprint density at radius 2 is 2.05 bits per heavy atom. The summed E-state index contributed by atoms with van der Waals surface area (Å²) in [4.78, 5) is 27.7.